The number of hydrogen-bond donors (Lipinski definition) is 2. The molecule has 6 rings (SSSR count). The van der Waals surface area contributed by atoms with Gasteiger partial charge in [0.2, 0.25) is 5.91 Å². The molecule has 2 aromatic carbocycles. The lowest BCUT2D eigenvalue weighted by molar-refractivity contribution is -0.136. The third kappa shape index (κ3) is 6.52. The predicted molar refractivity (Wildman–Crippen MR) is 164 cm³/mol. The van der Waals surface area contributed by atoms with Gasteiger partial charge < -0.3 is 30.3 Å². The maximum absolute atomic E-state index is 13.4. The van der Waals surface area contributed by atoms with Crippen molar-refractivity contribution in [2.45, 2.75) is 64.1 Å². The number of nitrogens with zero attached hydrogens (tertiary/aromatic N) is 4. The van der Waals surface area contributed by atoms with E-state index >= 15 is 0 Å². The van der Waals surface area contributed by atoms with E-state index in [-0.39, 0.29) is 29.6 Å². The molecule has 42 heavy (non-hydrogen) atoms. The molecule has 9 heteroatoms. The summed E-state index contributed by atoms with van der Waals surface area (Å²) >= 11 is 0. The van der Waals surface area contributed by atoms with Gasteiger partial charge in [0, 0.05) is 56.8 Å². The number of aromatic nitrogens is 1. The third-order valence-electron chi connectivity index (χ3n) is 8.95. The number of nitrogens with two attached hydrogens (primary N) is 1. The number of piperazine rings is 1. The second kappa shape index (κ2) is 12.3. The Morgan fingerprint density at radius 1 is 0.976 bits per heavy atom. The predicted octanol–water partition coefficient (Wildman–Crippen LogP) is 4.66. The van der Waals surface area contributed by atoms with Crippen LogP contribution in [0.3, 0.4) is 0 Å². The Bertz CT molecular complexity index is 1420. The van der Waals surface area contributed by atoms with Crippen molar-refractivity contribution in [2.24, 2.45) is 11.7 Å². The molecule has 2 amide bonds. The molecule has 0 radical (unpaired) electrons. The normalized spacial score (nSPS) is 21.3. The number of amides is 2. The minimum atomic E-state index is -0.297. The number of nitrogens with one attached hydrogen (secondary N) is 1. The van der Waals surface area contributed by atoms with Gasteiger partial charge in [-0.05, 0) is 87.4 Å². The molecule has 1 saturated heterocycles. The molecule has 2 saturated carbocycles. The van der Waals surface area contributed by atoms with Gasteiger partial charge in [-0.1, -0.05) is 29.4 Å². The van der Waals surface area contributed by atoms with E-state index < -0.39 is 0 Å². The number of rotatable bonds is 8. The van der Waals surface area contributed by atoms with E-state index in [4.69, 9.17) is 10.3 Å². The van der Waals surface area contributed by atoms with Crippen molar-refractivity contribution in [2.75, 3.05) is 43.4 Å². The van der Waals surface area contributed by atoms with Crippen LogP contribution < -0.4 is 16.0 Å². The molecule has 3 aromatic rings. The number of benzene rings is 2. The maximum atomic E-state index is 13.4. The number of carbonyl (C=O) groups excluding carboxylic acids is 2. The summed E-state index contributed by atoms with van der Waals surface area (Å²) in [4.78, 5) is 33.2. The van der Waals surface area contributed by atoms with Gasteiger partial charge in [0.15, 0.2) is 5.69 Å². The summed E-state index contributed by atoms with van der Waals surface area (Å²) in [6.45, 7) is 6.07. The zero-order valence-corrected chi connectivity index (χ0v) is 24.7. The molecular formula is C33H42N6O3. The molecule has 222 valence electrons. The molecule has 9 nitrogen and oxygen atoms in total. The number of aryl methyl sites for hydroxylation is 1. The summed E-state index contributed by atoms with van der Waals surface area (Å²) < 4.78 is 5.14. The number of anilines is 2. The van der Waals surface area contributed by atoms with Gasteiger partial charge in [0.25, 0.3) is 5.91 Å². The first kappa shape index (κ1) is 28.4. The smallest absolute Gasteiger partial charge is 0.277 e. The van der Waals surface area contributed by atoms with Gasteiger partial charge in [-0.25, -0.2) is 0 Å². The van der Waals surface area contributed by atoms with Crippen molar-refractivity contribution in [1.82, 2.24) is 15.0 Å². The van der Waals surface area contributed by atoms with Gasteiger partial charge in [0.1, 0.15) is 5.76 Å². The summed E-state index contributed by atoms with van der Waals surface area (Å²) in [6, 6.07) is 16.9. The fourth-order valence-corrected chi connectivity index (χ4v) is 6.21. The minimum Gasteiger partial charge on any atom is -0.367 e. The van der Waals surface area contributed by atoms with Crippen molar-refractivity contribution in [3.8, 4) is 11.1 Å². The number of hydrogen-bond acceptors (Lipinski definition) is 7. The van der Waals surface area contributed by atoms with E-state index in [0.29, 0.717) is 18.2 Å². The van der Waals surface area contributed by atoms with E-state index in [2.05, 4.69) is 68.6 Å². The van der Waals surface area contributed by atoms with Crippen LogP contribution >= 0.6 is 0 Å². The zero-order valence-electron chi connectivity index (χ0n) is 24.7. The quantitative estimate of drug-likeness (QED) is 0.406. The van der Waals surface area contributed by atoms with Gasteiger partial charge in [-0.3, -0.25) is 9.59 Å². The Morgan fingerprint density at radius 3 is 2.40 bits per heavy atom. The van der Waals surface area contributed by atoms with Crippen LogP contribution in [0.25, 0.3) is 11.1 Å². The Kier molecular flexibility index (Phi) is 8.31. The SMILES string of the molecule is Cc1cc(C(=O)Nc2cc(-c3cccc(CN(C(=O)C4CC4)C4CCC(N)CC4)c3)ccc2N2CCN(C)CC2)no1. The van der Waals surface area contributed by atoms with Crippen LogP contribution in [-0.2, 0) is 11.3 Å². The van der Waals surface area contributed by atoms with Gasteiger partial charge in [-0.15, -0.1) is 0 Å². The summed E-state index contributed by atoms with van der Waals surface area (Å²) in [7, 11) is 2.13. The van der Waals surface area contributed by atoms with E-state index in [9.17, 15) is 9.59 Å². The monoisotopic (exact) mass is 570 g/mol. The van der Waals surface area contributed by atoms with Gasteiger partial charge >= 0.3 is 0 Å². The molecule has 0 bridgehead atoms. The van der Waals surface area contributed by atoms with Crippen LogP contribution in [0.15, 0.2) is 53.1 Å². The van der Waals surface area contributed by atoms with Crippen molar-refractivity contribution in [1.29, 1.82) is 0 Å². The van der Waals surface area contributed by atoms with E-state index in [1.54, 1.807) is 13.0 Å². The first-order valence-corrected chi connectivity index (χ1v) is 15.3. The Hall–Kier alpha value is -3.69. The summed E-state index contributed by atoms with van der Waals surface area (Å²) in [5.74, 6) is 0.779. The molecule has 3 aliphatic rings. The highest BCUT2D eigenvalue weighted by atomic mass is 16.5. The minimum absolute atomic E-state index is 0.186. The topological polar surface area (TPSA) is 108 Å². The average molecular weight is 571 g/mol. The molecule has 0 unspecified atom stereocenters. The molecule has 1 aromatic heterocycles. The number of carbonyl (C=O) groups is 2. The largest absolute Gasteiger partial charge is 0.367 e. The van der Waals surface area contributed by atoms with Crippen LogP contribution in [-0.4, -0.2) is 72.1 Å². The summed E-state index contributed by atoms with van der Waals surface area (Å²) in [6.07, 6.45) is 5.90. The van der Waals surface area contributed by atoms with Crippen molar-refractivity contribution >= 4 is 23.2 Å². The highest BCUT2D eigenvalue weighted by Crippen LogP contribution is 2.36. The van der Waals surface area contributed by atoms with E-state index in [0.717, 1.165) is 92.8 Å². The van der Waals surface area contributed by atoms with Crippen molar-refractivity contribution in [3.05, 3.63) is 65.5 Å². The molecule has 2 heterocycles. The first-order valence-electron chi connectivity index (χ1n) is 15.3. The van der Waals surface area contributed by atoms with Crippen LogP contribution in [0.2, 0.25) is 0 Å². The van der Waals surface area contributed by atoms with Crippen LogP contribution in [0.5, 0.6) is 0 Å². The van der Waals surface area contributed by atoms with Crippen LogP contribution in [0.4, 0.5) is 11.4 Å². The highest BCUT2D eigenvalue weighted by molar-refractivity contribution is 6.05. The highest BCUT2D eigenvalue weighted by Gasteiger charge is 2.37. The van der Waals surface area contributed by atoms with Crippen molar-refractivity contribution in [3.63, 3.8) is 0 Å². The third-order valence-corrected chi connectivity index (χ3v) is 8.95. The lowest BCUT2D eigenvalue weighted by Gasteiger charge is -2.36. The van der Waals surface area contributed by atoms with Gasteiger partial charge in [0.05, 0.1) is 11.4 Å². The lowest BCUT2D eigenvalue weighted by atomic mass is 9.90. The Morgan fingerprint density at radius 2 is 1.71 bits per heavy atom. The molecule has 0 atom stereocenters. The molecule has 2 aliphatic carbocycles. The van der Waals surface area contributed by atoms with Gasteiger partial charge in [-0.2, -0.15) is 0 Å². The molecule has 0 spiro atoms. The summed E-state index contributed by atoms with van der Waals surface area (Å²) in [5, 5.41) is 7.02. The fraction of sp³-hybridized carbons (Fsp3) is 0.485. The Balaban J connectivity index is 1.27. The van der Waals surface area contributed by atoms with Crippen LogP contribution in [0.1, 0.15) is 60.3 Å². The second-order valence-electron chi connectivity index (χ2n) is 12.3. The standard InChI is InChI=1S/C33H42N6O3/c1-22-18-30(36-42-22)32(40)35-29-20-26(8-13-31(29)38-16-14-37(2)15-17-38)25-5-3-4-23(19-25)21-39(33(41)24-6-7-24)28-11-9-27(34)10-12-28/h3-5,8,13,18-20,24,27-28H,6-7,9-12,14-17,21,34H2,1-2H3,(H,35,40). The Labute approximate surface area is 248 Å². The average Bonchev–Trinajstić information content (AvgIpc) is 3.76. The maximum Gasteiger partial charge on any atom is 0.277 e. The second-order valence-corrected chi connectivity index (χ2v) is 12.3. The van der Waals surface area contributed by atoms with E-state index in [1.165, 1.54) is 0 Å². The van der Waals surface area contributed by atoms with E-state index in [1.807, 2.05) is 6.07 Å². The fourth-order valence-electron chi connectivity index (χ4n) is 6.21. The summed E-state index contributed by atoms with van der Waals surface area (Å²) in [5.41, 5.74) is 11.3. The molecule has 3 fully saturated rings. The molecule has 1 aliphatic heterocycles. The zero-order chi connectivity index (χ0) is 29.2. The van der Waals surface area contributed by atoms with Crippen molar-refractivity contribution < 1.29 is 14.1 Å². The molecule has 3 N–H and O–H groups in total. The lowest BCUT2D eigenvalue weighted by Crippen LogP contribution is -2.44. The molecular weight excluding hydrogens is 528 g/mol. The van der Waals surface area contributed by atoms with Crippen LogP contribution in [0, 0.1) is 12.8 Å². The number of likely N-dealkylation sites (N-methyl/N-ethyl adjacent to an activating group) is 1. The first-order chi connectivity index (χ1) is 20.3.